The zero-order chi connectivity index (χ0) is 18.0. The molecule has 0 fully saturated rings. The number of hydrogen-bond donors (Lipinski definition) is 1. The molecule has 9 heteroatoms. The number of anilines is 1. The minimum atomic E-state index is -4.47. The highest BCUT2D eigenvalue weighted by molar-refractivity contribution is 7.12. The predicted molar refractivity (Wildman–Crippen MR) is 90.1 cm³/mol. The van der Waals surface area contributed by atoms with Crippen molar-refractivity contribution in [1.29, 1.82) is 0 Å². The van der Waals surface area contributed by atoms with E-state index in [1.165, 1.54) is 22.2 Å². The number of halogens is 4. The first kappa shape index (κ1) is 17.5. The van der Waals surface area contributed by atoms with Gasteiger partial charge < -0.3 is 5.32 Å². The van der Waals surface area contributed by atoms with E-state index in [9.17, 15) is 18.0 Å². The number of carbonyl (C=O) groups excluding carboxylic acids is 1. The summed E-state index contributed by atoms with van der Waals surface area (Å²) in [4.78, 5) is 12.7. The van der Waals surface area contributed by atoms with Crippen LogP contribution >= 0.6 is 22.9 Å². The van der Waals surface area contributed by atoms with Gasteiger partial charge in [0.1, 0.15) is 0 Å². The summed E-state index contributed by atoms with van der Waals surface area (Å²) in [5.41, 5.74) is 0.314. The molecule has 0 bridgehead atoms. The summed E-state index contributed by atoms with van der Waals surface area (Å²) < 4.78 is 38.8. The lowest BCUT2D eigenvalue weighted by Crippen LogP contribution is -2.10. The molecule has 0 radical (unpaired) electrons. The van der Waals surface area contributed by atoms with E-state index in [1.54, 1.807) is 35.7 Å². The normalized spacial score (nSPS) is 11.5. The first-order valence-corrected chi connectivity index (χ1v) is 8.32. The van der Waals surface area contributed by atoms with Crippen LogP contribution in [0.4, 0.5) is 18.9 Å². The maximum absolute atomic E-state index is 12.5. The smallest absolute Gasteiger partial charge is 0.321 e. The van der Waals surface area contributed by atoms with E-state index in [4.69, 9.17) is 11.6 Å². The third-order valence-corrected chi connectivity index (χ3v) is 4.45. The lowest BCUT2D eigenvalue weighted by molar-refractivity contribution is -0.141. The van der Waals surface area contributed by atoms with E-state index in [2.05, 4.69) is 10.4 Å². The monoisotopic (exact) mass is 385 g/mol. The number of amides is 1. The van der Waals surface area contributed by atoms with Crippen LogP contribution in [0.2, 0.25) is 5.02 Å². The molecule has 3 aromatic rings. The van der Waals surface area contributed by atoms with Gasteiger partial charge in [0.15, 0.2) is 5.69 Å². The van der Waals surface area contributed by atoms with Crippen molar-refractivity contribution in [3.8, 4) is 0 Å². The minimum Gasteiger partial charge on any atom is -0.321 e. The third kappa shape index (κ3) is 4.40. The SMILES string of the molecule is O=C(Nc1cccc(Cl)c1)c1cc(Cn2ccc(C(F)(F)F)n2)cs1. The highest BCUT2D eigenvalue weighted by Gasteiger charge is 2.33. The number of aromatic nitrogens is 2. The van der Waals surface area contributed by atoms with Gasteiger partial charge in [-0.25, -0.2) is 0 Å². The Morgan fingerprint density at radius 2 is 2.08 bits per heavy atom. The topological polar surface area (TPSA) is 46.9 Å². The number of benzene rings is 1. The van der Waals surface area contributed by atoms with E-state index in [0.29, 0.717) is 21.2 Å². The fourth-order valence-electron chi connectivity index (χ4n) is 2.12. The van der Waals surface area contributed by atoms with Gasteiger partial charge in [-0.05, 0) is 41.3 Å². The molecule has 0 spiro atoms. The number of rotatable bonds is 4. The van der Waals surface area contributed by atoms with Gasteiger partial charge in [-0.3, -0.25) is 9.48 Å². The molecule has 0 aliphatic heterocycles. The summed E-state index contributed by atoms with van der Waals surface area (Å²) in [5, 5.41) is 8.42. The molecule has 3 rings (SSSR count). The second kappa shape index (κ2) is 6.89. The lowest BCUT2D eigenvalue weighted by atomic mass is 10.3. The molecule has 0 saturated heterocycles. The second-order valence-electron chi connectivity index (χ2n) is 5.18. The van der Waals surface area contributed by atoms with Crippen LogP contribution in [0.1, 0.15) is 20.9 Å². The largest absolute Gasteiger partial charge is 0.435 e. The first-order chi connectivity index (χ1) is 11.8. The molecule has 2 aromatic heterocycles. The van der Waals surface area contributed by atoms with Crippen molar-refractivity contribution in [3.63, 3.8) is 0 Å². The summed E-state index contributed by atoms with van der Waals surface area (Å²) in [5.74, 6) is -0.310. The Morgan fingerprint density at radius 1 is 1.28 bits per heavy atom. The van der Waals surface area contributed by atoms with Gasteiger partial charge >= 0.3 is 6.18 Å². The summed E-state index contributed by atoms with van der Waals surface area (Å²) >= 11 is 7.07. The average Bonchev–Trinajstić information content (AvgIpc) is 3.16. The molecule has 0 aliphatic carbocycles. The highest BCUT2D eigenvalue weighted by Crippen LogP contribution is 2.27. The van der Waals surface area contributed by atoms with Crippen LogP contribution in [-0.4, -0.2) is 15.7 Å². The predicted octanol–water partition coefficient (Wildman–Crippen LogP) is 4.92. The van der Waals surface area contributed by atoms with Crippen LogP contribution in [-0.2, 0) is 12.7 Å². The minimum absolute atomic E-state index is 0.150. The summed E-state index contributed by atoms with van der Waals surface area (Å²) in [6.07, 6.45) is -3.21. The summed E-state index contributed by atoms with van der Waals surface area (Å²) in [7, 11) is 0. The number of carbonyl (C=O) groups is 1. The van der Waals surface area contributed by atoms with Crippen LogP contribution in [0.5, 0.6) is 0 Å². The molecule has 0 aliphatic rings. The van der Waals surface area contributed by atoms with Gasteiger partial charge in [-0.1, -0.05) is 17.7 Å². The quantitative estimate of drug-likeness (QED) is 0.693. The van der Waals surface area contributed by atoms with Gasteiger partial charge in [-0.2, -0.15) is 18.3 Å². The van der Waals surface area contributed by atoms with Gasteiger partial charge in [0.05, 0.1) is 11.4 Å². The van der Waals surface area contributed by atoms with Crippen LogP contribution in [0.25, 0.3) is 0 Å². The van der Waals surface area contributed by atoms with Crippen LogP contribution in [0.15, 0.2) is 48.0 Å². The molecule has 1 N–H and O–H groups in total. The number of nitrogens with one attached hydrogen (secondary N) is 1. The van der Waals surface area contributed by atoms with Crippen LogP contribution < -0.4 is 5.32 Å². The molecular formula is C16H11ClF3N3OS. The maximum atomic E-state index is 12.5. The zero-order valence-electron chi connectivity index (χ0n) is 12.5. The van der Waals surface area contributed by atoms with Crippen LogP contribution in [0, 0.1) is 0 Å². The Bertz CT molecular complexity index is 904. The summed E-state index contributed by atoms with van der Waals surface area (Å²) in [6, 6.07) is 9.28. The van der Waals surface area contributed by atoms with Gasteiger partial charge in [0.25, 0.3) is 5.91 Å². The van der Waals surface area contributed by atoms with E-state index < -0.39 is 11.9 Å². The van der Waals surface area contributed by atoms with Crippen molar-refractivity contribution in [2.45, 2.75) is 12.7 Å². The Balaban J connectivity index is 1.67. The zero-order valence-corrected chi connectivity index (χ0v) is 14.1. The van der Waals surface area contributed by atoms with Crippen molar-refractivity contribution >= 4 is 34.5 Å². The maximum Gasteiger partial charge on any atom is 0.435 e. The molecule has 0 saturated carbocycles. The van der Waals surface area contributed by atoms with Crippen molar-refractivity contribution in [3.05, 3.63) is 69.1 Å². The molecule has 0 unspecified atom stereocenters. The van der Waals surface area contributed by atoms with Gasteiger partial charge in [0.2, 0.25) is 0 Å². The number of nitrogens with zero attached hydrogens (tertiary/aromatic N) is 2. The molecule has 4 nitrogen and oxygen atoms in total. The molecule has 1 amide bonds. The first-order valence-electron chi connectivity index (χ1n) is 7.06. The van der Waals surface area contributed by atoms with E-state index in [-0.39, 0.29) is 12.5 Å². The van der Waals surface area contributed by atoms with Crippen molar-refractivity contribution in [1.82, 2.24) is 9.78 Å². The van der Waals surface area contributed by atoms with Gasteiger partial charge in [-0.15, -0.1) is 11.3 Å². The molecule has 130 valence electrons. The Labute approximate surface area is 149 Å². The third-order valence-electron chi connectivity index (χ3n) is 3.24. The van der Waals surface area contributed by atoms with Gasteiger partial charge in [0, 0.05) is 16.9 Å². The number of hydrogen-bond acceptors (Lipinski definition) is 3. The average molecular weight is 386 g/mol. The van der Waals surface area contributed by atoms with E-state index in [1.807, 2.05) is 0 Å². The lowest BCUT2D eigenvalue weighted by Gasteiger charge is -2.03. The molecule has 1 aromatic carbocycles. The van der Waals surface area contributed by atoms with Crippen LogP contribution in [0.3, 0.4) is 0 Å². The summed E-state index contributed by atoms with van der Waals surface area (Å²) in [6.45, 7) is 0.150. The Morgan fingerprint density at radius 3 is 2.76 bits per heavy atom. The van der Waals surface area contributed by atoms with Crippen molar-refractivity contribution in [2.24, 2.45) is 0 Å². The Hall–Kier alpha value is -2.32. The molecule has 25 heavy (non-hydrogen) atoms. The van der Waals surface area contributed by atoms with E-state index >= 15 is 0 Å². The molecule has 2 heterocycles. The van der Waals surface area contributed by atoms with Crippen molar-refractivity contribution < 1.29 is 18.0 Å². The Kier molecular flexibility index (Phi) is 4.82. The standard InChI is InChI=1S/C16H11ClF3N3OS/c17-11-2-1-3-12(7-11)21-15(24)13-6-10(9-25-13)8-23-5-4-14(22-23)16(18,19)20/h1-7,9H,8H2,(H,21,24). The molecule has 0 atom stereocenters. The second-order valence-corrected chi connectivity index (χ2v) is 6.53. The van der Waals surface area contributed by atoms with E-state index in [0.717, 1.165) is 6.07 Å². The fourth-order valence-corrected chi connectivity index (χ4v) is 3.11. The highest BCUT2D eigenvalue weighted by atomic mass is 35.5. The number of thiophene rings is 1. The fraction of sp³-hybridized carbons (Fsp3) is 0.125. The molecular weight excluding hydrogens is 375 g/mol. The number of alkyl halides is 3. The van der Waals surface area contributed by atoms with Crippen molar-refractivity contribution in [2.75, 3.05) is 5.32 Å².